The molecule has 2 heterocycles. The van der Waals surface area contributed by atoms with Gasteiger partial charge >= 0.3 is 0 Å². The lowest BCUT2D eigenvalue weighted by Gasteiger charge is -2.19. The number of aromatic nitrogens is 2. The van der Waals surface area contributed by atoms with E-state index in [4.69, 9.17) is 4.74 Å². The van der Waals surface area contributed by atoms with Crippen LogP contribution < -0.4 is 15.4 Å². The lowest BCUT2D eigenvalue weighted by Crippen LogP contribution is -2.32. The molecule has 32 heavy (non-hydrogen) atoms. The highest BCUT2D eigenvalue weighted by Crippen LogP contribution is 2.28. The summed E-state index contributed by atoms with van der Waals surface area (Å²) in [5.74, 6) is 0.548. The van der Waals surface area contributed by atoms with Crippen LogP contribution >= 0.6 is 15.9 Å². The van der Waals surface area contributed by atoms with Gasteiger partial charge in [-0.2, -0.15) is 0 Å². The van der Waals surface area contributed by atoms with E-state index in [1.807, 2.05) is 19.0 Å². The minimum absolute atomic E-state index is 0.0714. The molecule has 2 amide bonds. The second kappa shape index (κ2) is 11.1. The zero-order chi connectivity index (χ0) is 23.1. The summed E-state index contributed by atoms with van der Waals surface area (Å²) < 4.78 is 6.67. The van der Waals surface area contributed by atoms with Gasteiger partial charge in [-0.1, -0.05) is 6.58 Å². The number of benzene rings is 1. The van der Waals surface area contributed by atoms with E-state index in [9.17, 15) is 9.59 Å². The SMILES string of the molecule is C=CC(=O)Nc1ccc(C(=O)N2CC[C@@H](Nc3ncc(Br)cn3)C2)cc1OCCN(C)C. The van der Waals surface area contributed by atoms with E-state index in [0.717, 1.165) is 10.9 Å². The molecule has 1 fully saturated rings. The number of ether oxygens (including phenoxy) is 1. The van der Waals surface area contributed by atoms with Gasteiger partial charge in [0.05, 0.1) is 10.2 Å². The second-order valence-electron chi connectivity index (χ2n) is 7.66. The fourth-order valence-electron chi connectivity index (χ4n) is 3.21. The number of carbonyl (C=O) groups is 2. The van der Waals surface area contributed by atoms with Gasteiger partial charge in [0, 0.05) is 43.6 Å². The summed E-state index contributed by atoms with van der Waals surface area (Å²) in [6.45, 7) is 5.76. The average molecular weight is 503 g/mol. The van der Waals surface area contributed by atoms with Crippen molar-refractivity contribution < 1.29 is 14.3 Å². The van der Waals surface area contributed by atoms with Gasteiger partial charge in [0.15, 0.2) is 0 Å². The van der Waals surface area contributed by atoms with Crippen LogP contribution in [0.15, 0.2) is 47.7 Å². The number of likely N-dealkylation sites (N-methyl/N-ethyl adjacent to an activating group) is 1. The van der Waals surface area contributed by atoms with Crippen molar-refractivity contribution in [3.05, 3.63) is 53.3 Å². The maximum Gasteiger partial charge on any atom is 0.254 e. The predicted octanol–water partition coefficient (Wildman–Crippen LogP) is 2.63. The van der Waals surface area contributed by atoms with Crippen molar-refractivity contribution in [2.45, 2.75) is 12.5 Å². The van der Waals surface area contributed by atoms with Gasteiger partial charge in [-0.15, -0.1) is 0 Å². The fraction of sp³-hybridized carbons (Fsp3) is 0.364. The molecular weight excluding hydrogens is 476 g/mol. The number of carbonyl (C=O) groups excluding carboxylic acids is 2. The minimum atomic E-state index is -0.342. The van der Waals surface area contributed by atoms with Crippen LogP contribution in [0.25, 0.3) is 0 Å². The zero-order valence-electron chi connectivity index (χ0n) is 18.2. The number of amides is 2. The van der Waals surface area contributed by atoms with Crippen LogP contribution in [0.2, 0.25) is 0 Å². The molecule has 1 aliphatic rings. The van der Waals surface area contributed by atoms with E-state index in [0.29, 0.717) is 49.2 Å². The number of nitrogens with zero attached hydrogens (tertiary/aromatic N) is 4. The Morgan fingerprint density at radius 1 is 1.34 bits per heavy atom. The molecule has 1 aromatic heterocycles. The molecule has 1 aromatic carbocycles. The summed E-state index contributed by atoms with van der Waals surface area (Å²) in [6, 6.07) is 5.12. The molecule has 1 atom stereocenters. The highest BCUT2D eigenvalue weighted by atomic mass is 79.9. The molecule has 0 bridgehead atoms. The highest BCUT2D eigenvalue weighted by Gasteiger charge is 2.28. The first kappa shape index (κ1) is 23.7. The number of rotatable bonds is 9. The maximum absolute atomic E-state index is 13.1. The molecule has 1 saturated heterocycles. The third kappa shape index (κ3) is 6.51. The first-order chi connectivity index (χ1) is 15.4. The lowest BCUT2D eigenvalue weighted by atomic mass is 10.1. The fourth-order valence-corrected chi connectivity index (χ4v) is 3.42. The number of halogens is 1. The smallest absolute Gasteiger partial charge is 0.254 e. The molecule has 0 saturated carbocycles. The molecule has 0 unspecified atom stereocenters. The van der Waals surface area contributed by atoms with Crippen LogP contribution in [-0.4, -0.2) is 78.0 Å². The zero-order valence-corrected chi connectivity index (χ0v) is 19.8. The number of likely N-dealkylation sites (tertiary alicyclic amines) is 1. The predicted molar refractivity (Wildman–Crippen MR) is 127 cm³/mol. The third-order valence-corrected chi connectivity index (χ3v) is 5.31. The van der Waals surface area contributed by atoms with Crippen molar-refractivity contribution in [1.29, 1.82) is 0 Å². The van der Waals surface area contributed by atoms with Gasteiger partial charge in [-0.25, -0.2) is 9.97 Å². The largest absolute Gasteiger partial charge is 0.490 e. The van der Waals surface area contributed by atoms with Crippen molar-refractivity contribution in [1.82, 2.24) is 19.8 Å². The Morgan fingerprint density at radius 2 is 2.09 bits per heavy atom. The Morgan fingerprint density at radius 3 is 2.78 bits per heavy atom. The molecule has 0 radical (unpaired) electrons. The standard InChI is InChI=1S/C22H27BrN6O3/c1-4-20(30)27-18-6-5-15(11-19(18)32-10-9-28(2)3)21(31)29-8-7-17(14-29)26-22-24-12-16(23)13-25-22/h4-6,11-13,17H,1,7-10,14H2,2-3H3,(H,27,30)(H,24,25,26)/t17-/m1/s1. The van der Waals surface area contributed by atoms with E-state index in [2.05, 4.69) is 43.1 Å². The van der Waals surface area contributed by atoms with E-state index in [-0.39, 0.29) is 17.9 Å². The van der Waals surface area contributed by atoms with Gasteiger partial charge in [-0.05, 0) is 60.7 Å². The Balaban J connectivity index is 1.68. The lowest BCUT2D eigenvalue weighted by molar-refractivity contribution is -0.111. The van der Waals surface area contributed by atoms with E-state index in [1.165, 1.54) is 6.08 Å². The highest BCUT2D eigenvalue weighted by molar-refractivity contribution is 9.10. The van der Waals surface area contributed by atoms with Gasteiger partial charge in [0.2, 0.25) is 11.9 Å². The summed E-state index contributed by atoms with van der Waals surface area (Å²) >= 11 is 3.32. The van der Waals surface area contributed by atoms with Crippen molar-refractivity contribution >= 4 is 39.4 Å². The molecule has 0 aliphatic carbocycles. The van der Waals surface area contributed by atoms with Crippen molar-refractivity contribution in [3.8, 4) is 5.75 Å². The maximum atomic E-state index is 13.1. The number of hydrogen-bond donors (Lipinski definition) is 2. The number of hydrogen-bond acceptors (Lipinski definition) is 7. The molecule has 0 spiro atoms. The van der Waals surface area contributed by atoms with Crippen LogP contribution in [0, 0.1) is 0 Å². The van der Waals surface area contributed by atoms with Crippen LogP contribution in [0.5, 0.6) is 5.75 Å². The van der Waals surface area contributed by atoms with Crippen LogP contribution in [-0.2, 0) is 4.79 Å². The normalized spacial score (nSPS) is 15.5. The Kier molecular flexibility index (Phi) is 8.18. The topological polar surface area (TPSA) is 99.7 Å². The van der Waals surface area contributed by atoms with E-state index < -0.39 is 0 Å². The molecule has 9 nitrogen and oxygen atoms in total. The van der Waals surface area contributed by atoms with Crippen molar-refractivity contribution in [2.24, 2.45) is 0 Å². The summed E-state index contributed by atoms with van der Waals surface area (Å²) in [5, 5.41) is 5.99. The first-order valence-corrected chi connectivity index (χ1v) is 11.0. The van der Waals surface area contributed by atoms with Gasteiger partial charge in [0.1, 0.15) is 12.4 Å². The molecule has 2 aromatic rings. The van der Waals surface area contributed by atoms with Crippen molar-refractivity contribution in [2.75, 3.05) is 51.0 Å². The molecule has 10 heteroatoms. The van der Waals surface area contributed by atoms with Gasteiger partial charge in [0.25, 0.3) is 5.91 Å². The van der Waals surface area contributed by atoms with Crippen LogP contribution in [0.3, 0.4) is 0 Å². The Labute approximate surface area is 196 Å². The van der Waals surface area contributed by atoms with E-state index >= 15 is 0 Å². The summed E-state index contributed by atoms with van der Waals surface area (Å²) in [5.41, 5.74) is 1.00. The van der Waals surface area contributed by atoms with Gasteiger partial charge < -0.3 is 25.2 Å². The monoisotopic (exact) mass is 502 g/mol. The quantitative estimate of drug-likeness (QED) is 0.508. The Hall–Kier alpha value is -2.98. The van der Waals surface area contributed by atoms with Crippen LogP contribution in [0.1, 0.15) is 16.8 Å². The molecule has 1 aliphatic heterocycles. The second-order valence-corrected chi connectivity index (χ2v) is 8.58. The minimum Gasteiger partial charge on any atom is -0.490 e. The number of nitrogens with one attached hydrogen (secondary N) is 2. The molecule has 2 N–H and O–H groups in total. The van der Waals surface area contributed by atoms with Crippen LogP contribution in [0.4, 0.5) is 11.6 Å². The number of anilines is 2. The summed E-state index contributed by atoms with van der Waals surface area (Å²) in [7, 11) is 3.89. The summed E-state index contributed by atoms with van der Waals surface area (Å²) in [6.07, 6.45) is 5.34. The Bertz CT molecular complexity index is 967. The van der Waals surface area contributed by atoms with E-state index in [1.54, 1.807) is 35.5 Å². The van der Waals surface area contributed by atoms with Gasteiger partial charge in [-0.3, -0.25) is 9.59 Å². The molecular formula is C22H27BrN6O3. The molecule has 170 valence electrons. The van der Waals surface area contributed by atoms with Crippen molar-refractivity contribution in [3.63, 3.8) is 0 Å². The third-order valence-electron chi connectivity index (χ3n) is 4.90. The first-order valence-electron chi connectivity index (χ1n) is 10.2. The average Bonchev–Trinajstić information content (AvgIpc) is 3.24. The molecule has 3 rings (SSSR count). The summed E-state index contributed by atoms with van der Waals surface area (Å²) in [4.78, 5) is 37.1.